The molecule has 0 amide bonds. The standard InChI is InChI=1S/C74H56BF2N3Si/c1-73-44-20-21-45-74(73,2)80(63-43-42-50(46-58(63)73)49-24-6-3-7-25-49)51-47-66-70-67(48-51)79(62-37-19-15-33-57(62)55-31-13-17-35-60(55)77)65-39-23-41-69-72(65)75(70)71-64(78(66)61-36-18-14-32-56(61)54-30-12-16-34-59(54)76)38-22-40-68(71)81(69,52-26-8-4-9-27-52)53-28-10-5-11-29-53/h3-19,22-43,46-48H,20-21,44-45H2,1-2H3. The summed E-state index contributed by atoms with van der Waals surface area (Å²) >= 11 is 0. The van der Waals surface area contributed by atoms with E-state index in [0.29, 0.717) is 11.1 Å². The molecule has 16 rings (SSSR count). The van der Waals surface area contributed by atoms with Crippen LogP contribution in [0.3, 0.4) is 0 Å². The Bertz CT molecular complexity index is 4150. The highest BCUT2D eigenvalue weighted by atomic mass is 28.3. The Balaban J connectivity index is 1.07. The number of nitrogens with zero attached hydrogens (tertiary/aromatic N) is 3. The zero-order chi connectivity index (χ0) is 54.2. The molecule has 1 fully saturated rings. The van der Waals surface area contributed by atoms with E-state index in [-0.39, 0.29) is 29.3 Å². The normalized spacial score (nSPS) is 18.5. The molecule has 2 unspecified atom stereocenters. The van der Waals surface area contributed by atoms with Crippen molar-refractivity contribution in [2.45, 2.75) is 50.5 Å². The third kappa shape index (κ3) is 6.61. The van der Waals surface area contributed by atoms with E-state index in [1.165, 1.54) is 59.5 Å². The van der Waals surface area contributed by atoms with Gasteiger partial charge in [-0.25, -0.2) is 8.78 Å². The van der Waals surface area contributed by atoms with Gasteiger partial charge in [-0.1, -0.05) is 214 Å². The van der Waals surface area contributed by atoms with Crippen molar-refractivity contribution < 1.29 is 8.78 Å². The summed E-state index contributed by atoms with van der Waals surface area (Å²) in [6.07, 6.45) is 4.35. The molecule has 81 heavy (non-hydrogen) atoms. The first-order chi connectivity index (χ1) is 39.8. The molecule has 11 aromatic carbocycles. The average Bonchev–Trinajstić information content (AvgIpc) is 1.46. The minimum absolute atomic E-state index is 0.179. The summed E-state index contributed by atoms with van der Waals surface area (Å²) in [7, 11) is -3.21. The Labute approximate surface area is 474 Å². The van der Waals surface area contributed by atoms with Crippen LogP contribution in [0.1, 0.15) is 45.1 Å². The summed E-state index contributed by atoms with van der Waals surface area (Å²) in [5, 5.41) is 5.28. The molecule has 0 bridgehead atoms. The Morgan fingerprint density at radius 3 is 1.37 bits per heavy atom. The third-order valence-electron chi connectivity index (χ3n) is 19.4. The molecule has 0 saturated heterocycles. The lowest BCUT2D eigenvalue weighted by molar-refractivity contribution is 0.195. The molecule has 0 radical (unpaired) electrons. The maximum atomic E-state index is 16.7. The van der Waals surface area contributed by atoms with Crippen molar-refractivity contribution in [3.05, 3.63) is 272 Å². The molecule has 1 aliphatic carbocycles. The first-order valence-corrected chi connectivity index (χ1v) is 30.6. The molecule has 3 nitrogen and oxygen atoms in total. The van der Waals surface area contributed by atoms with Gasteiger partial charge in [0.05, 0.1) is 16.9 Å². The summed E-state index contributed by atoms with van der Waals surface area (Å²) in [5.74, 6) is -0.541. The molecule has 0 N–H and O–H groups in total. The van der Waals surface area contributed by atoms with Crippen molar-refractivity contribution in [2.75, 3.05) is 14.7 Å². The predicted octanol–water partition coefficient (Wildman–Crippen LogP) is 14.5. The summed E-state index contributed by atoms with van der Waals surface area (Å²) in [4.78, 5) is 7.69. The van der Waals surface area contributed by atoms with Crippen LogP contribution in [0.4, 0.5) is 54.3 Å². The summed E-state index contributed by atoms with van der Waals surface area (Å²) in [6, 6.07) is 90.6. The van der Waals surface area contributed by atoms with Gasteiger partial charge in [-0.15, -0.1) is 0 Å². The Morgan fingerprint density at radius 2 is 0.840 bits per heavy atom. The molecule has 4 aliphatic heterocycles. The fraction of sp³-hybridized carbons (Fsp3) is 0.108. The van der Waals surface area contributed by atoms with Crippen LogP contribution in [-0.4, -0.2) is 20.3 Å². The van der Waals surface area contributed by atoms with Crippen molar-refractivity contribution in [2.24, 2.45) is 0 Å². The summed E-state index contributed by atoms with van der Waals surface area (Å²) in [6.45, 7) is 4.83. The van der Waals surface area contributed by atoms with Crippen molar-refractivity contribution >= 4 is 97.4 Å². The average molecular weight is 1060 g/mol. The number of benzene rings is 11. The monoisotopic (exact) mass is 1060 g/mol. The molecule has 0 spiro atoms. The first-order valence-electron chi connectivity index (χ1n) is 28.6. The molecule has 11 aromatic rings. The lowest BCUT2D eigenvalue weighted by Crippen LogP contribution is -2.88. The predicted molar refractivity (Wildman–Crippen MR) is 337 cm³/mol. The number of halogens is 2. The fourth-order valence-corrected chi connectivity index (χ4v) is 21.1. The molecule has 4 heterocycles. The Hall–Kier alpha value is -9.04. The largest absolute Gasteiger partial charge is 0.334 e. The van der Waals surface area contributed by atoms with Gasteiger partial charge in [-0.3, -0.25) is 0 Å². The van der Waals surface area contributed by atoms with E-state index in [9.17, 15) is 0 Å². The molecule has 1 saturated carbocycles. The second kappa shape index (κ2) is 18.0. The van der Waals surface area contributed by atoms with Gasteiger partial charge in [0, 0.05) is 61.8 Å². The number of hydrogen-bond donors (Lipinski definition) is 0. The highest BCUT2D eigenvalue weighted by Crippen LogP contribution is 2.62. The van der Waals surface area contributed by atoms with Gasteiger partial charge < -0.3 is 14.7 Å². The number of rotatable bonds is 8. The van der Waals surface area contributed by atoms with Crippen LogP contribution in [0.25, 0.3) is 33.4 Å². The van der Waals surface area contributed by atoms with Crippen molar-refractivity contribution in [1.29, 1.82) is 0 Å². The second-order valence-electron chi connectivity index (χ2n) is 23.2. The molecule has 388 valence electrons. The molecule has 2 atom stereocenters. The maximum absolute atomic E-state index is 16.7. The first kappa shape index (κ1) is 47.9. The van der Waals surface area contributed by atoms with Crippen LogP contribution in [0.2, 0.25) is 0 Å². The van der Waals surface area contributed by atoms with Crippen LogP contribution in [-0.2, 0) is 5.41 Å². The lowest BCUT2D eigenvalue weighted by atomic mass is 9.33. The number of para-hydroxylation sites is 2. The fourth-order valence-electron chi connectivity index (χ4n) is 15.8. The maximum Gasteiger partial charge on any atom is 0.251 e. The molecule has 5 aliphatic rings. The minimum Gasteiger partial charge on any atom is -0.334 e. The van der Waals surface area contributed by atoms with Crippen LogP contribution in [0.5, 0.6) is 0 Å². The van der Waals surface area contributed by atoms with Gasteiger partial charge in [0.2, 0.25) is 0 Å². The van der Waals surface area contributed by atoms with Gasteiger partial charge in [0.1, 0.15) is 11.6 Å². The highest BCUT2D eigenvalue weighted by molar-refractivity contribution is 7.27. The molecule has 7 heteroatoms. The van der Waals surface area contributed by atoms with E-state index >= 15 is 8.78 Å². The van der Waals surface area contributed by atoms with Crippen LogP contribution in [0, 0.1) is 11.6 Å². The topological polar surface area (TPSA) is 9.72 Å². The summed E-state index contributed by atoms with van der Waals surface area (Å²) in [5.41, 5.74) is 18.1. The van der Waals surface area contributed by atoms with Gasteiger partial charge in [0.15, 0.2) is 8.07 Å². The van der Waals surface area contributed by atoms with E-state index in [1.807, 2.05) is 36.4 Å². The summed E-state index contributed by atoms with van der Waals surface area (Å²) < 4.78 is 33.4. The Morgan fingerprint density at radius 1 is 0.383 bits per heavy atom. The quantitative estimate of drug-likeness (QED) is 0.140. The zero-order valence-electron chi connectivity index (χ0n) is 45.3. The van der Waals surface area contributed by atoms with E-state index in [1.54, 1.807) is 24.3 Å². The van der Waals surface area contributed by atoms with Gasteiger partial charge in [-0.05, 0) is 134 Å². The van der Waals surface area contributed by atoms with Crippen LogP contribution >= 0.6 is 0 Å². The number of hydrogen-bond acceptors (Lipinski definition) is 3. The number of anilines is 8. The van der Waals surface area contributed by atoms with E-state index in [2.05, 4.69) is 223 Å². The Kier molecular flexibility index (Phi) is 10.6. The minimum atomic E-state index is -3.21. The SMILES string of the molecule is CC12CCCCC1(C)N(c1cc3c4c(c1)N(c1ccccc1-c1ccccc1F)c1cccc5c1B4c1c(cccc1[Si]5(c1ccccc1)c1ccccc1)N3c1ccccc1-c1ccccc1F)c1ccc(-c3ccccc3)cc12. The molecular formula is C74H56BF2N3Si. The van der Waals surface area contributed by atoms with Crippen molar-refractivity contribution in [1.82, 2.24) is 0 Å². The van der Waals surface area contributed by atoms with E-state index in [0.717, 1.165) is 76.6 Å². The number of fused-ring (bicyclic) bond motifs is 3. The third-order valence-corrected chi connectivity index (χ3v) is 24.3. The van der Waals surface area contributed by atoms with Crippen molar-refractivity contribution in [3.63, 3.8) is 0 Å². The smallest absolute Gasteiger partial charge is 0.251 e. The molecule has 0 aromatic heterocycles. The highest BCUT2D eigenvalue weighted by Gasteiger charge is 2.60. The van der Waals surface area contributed by atoms with Crippen molar-refractivity contribution in [3.8, 4) is 33.4 Å². The van der Waals surface area contributed by atoms with Gasteiger partial charge in [0.25, 0.3) is 6.71 Å². The van der Waals surface area contributed by atoms with E-state index < -0.39 is 8.07 Å². The van der Waals surface area contributed by atoms with E-state index in [4.69, 9.17) is 0 Å². The van der Waals surface area contributed by atoms with Crippen LogP contribution < -0.4 is 51.8 Å². The van der Waals surface area contributed by atoms with Gasteiger partial charge in [-0.2, -0.15) is 0 Å². The second-order valence-corrected chi connectivity index (χ2v) is 26.9. The lowest BCUT2D eigenvalue weighted by Gasteiger charge is -2.53. The van der Waals surface area contributed by atoms with Crippen LogP contribution in [0.15, 0.2) is 255 Å². The zero-order valence-corrected chi connectivity index (χ0v) is 46.3. The molecular weight excluding hydrogens is 1010 g/mol. The van der Waals surface area contributed by atoms with Gasteiger partial charge >= 0.3 is 0 Å².